The van der Waals surface area contributed by atoms with Crippen LogP contribution in [-0.4, -0.2) is 40.3 Å². The van der Waals surface area contributed by atoms with Crippen molar-refractivity contribution in [1.82, 2.24) is 5.43 Å². The molecule has 0 unspecified atom stereocenters. The second-order valence-corrected chi connectivity index (χ2v) is 5.38. The van der Waals surface area contributed by atoms with Gasteiger partial charge in [0.25, 0.3) is 5.91 Å². The quantitative estimate of drug-likeness (QED) is 0.364. The van der Waals surface area contributed by atoms with Gasteiger partial charge in [-0.25, -0.2) is 5.43 Å². The molecule has 2 rings (SSSR count). The summed E-state index contributed by atoms with van der Waals surface area (Å²) in [5.74, 6) is -1.50. The van der Waals surface area contributed by atoms with E-state index in [2.05, 4.69) is 10.5 Å². The number of hydrazone groups is 1. The van der Waals surface area contributed by atoms with Gasteiger partial charge in [-0.2, -0.15) is 5.10 Å². The van der Waals surface area contributed by atoms with Gasteiger partial charge < -0.3 is 14.6 Å². The highest BCUT2D eigenvalue weighted by atomic mass is 16.6. The number of carbonyl (C=O) groups is 1. The fourth-order valence-corrected chi connectivity index (χ4v) is 2.18. The Labute approximate surface area is 163 Å². The zero-order chi connectivity index (χ0) is 21.4. The summed E-state index contributed by atoms with van der Waals surface area (Å²) in [4.78, 5) is 32.3. The van der Waals surface area contributed by atoms with E-state index in [1.807, 2.05) is 0 Å². The van der Waals surface area contributed by atoms with Crippen LogP contribution in [0.1, 0.15) is 12.5 Å². The molecule has 0 fully saturated rings. The Morgan fingerprint density at radius 1 is 1.14 bits per heavy atom. The number of phenolic OH excluding ortho intramolecular Hbond substituents is 1. The lowest BCUT2D eigenvalue weighted by atomic mass is 10.2. The molecule has 0 aliphatic rings. The Morgan fingerprint density at radius 2 is 1.83 bits per heavy atom. The minimum absolute atomic E-state index is 0.0767. The van der Waals surface area contributed by atoms with E-state index in [-0.39, 0.29) is 29.4 Å². The van der Waals surface area contributed by atoms with Crippen molar-refractivity contribution in [3.8, 4) is 17.2 Å². The van der Waals surface area contributed by atoms with Crippen LogP contribution in [0.15, 0.2) is 41.5 Å². The van der Waals surface area contributed by atoms with Crippen LogP contribution in [0.3, 0.4) is 0 Å². The summed E-state index contributed by atoms with van der Waals surface area (Å²) in [5, 5.41) is 35.4. The molecule has 0 aliphatic heterocycles. The number of nitro groups is 2. The highest BCUT2D eigenvalue weighted by molar-refractivity contribution is 5.85. The Morgan fingerprint density at radius 3 is 2.48 bits per heavy atom. The highest BCUT2D eigenvalue weighted by Gasteiger charge is 2.20. The predicted octanol–water partition coefficient (Wildman–Crippen LogP) is 2.14. The molecule has 0 heterocycles. The van der Waals surface area contributed by atoms with Gasteiger partial charge in [0.2, 0.25) is 5.75 Å². The van der Waals surface area contributed by atoms with Gasteiger partial charge in [-0.3, -0.25) is 25.0 Å². The molecule has 12 nitrogen and oxygen atoms in total. The van der Waals surface area contributed by atoms with E-state index in [1.54, 1.807) is 6.92 Å². The number of nitro benzene ring substituents is 2. The summed E-state index contributed by atoms with van der Waals surface area (Å²) in [6.07, 6.45) is 1.11. The smallest absolute Gasteiger partial charge is 0.315 e. The summed E-state index contributed by atoms with van der Waals surface area (Å²) in [5.41, 5.74) is 1.45. The number of carbonyl (C=O) groups excluding carboxylic acids is 1. The SMILES string of the molecule is CCOc1cc(C=NNC(=O)COc2ccccc2[N+](=O)[O-])cc([N+](=O)[O-])c1O. The van der Waals surface area contributed by atoms with Crippen molar-refractivity contribution in [2.45, 2.75) is 6.92 Å². The Hall–Kier alpha value is -4.22. The molecule has 0 radical (unpaired) electrons. The summed E-state index contributed by atoms with van der Waals surface area (Å²) >= 11 is 0. The number of nitrogens with zero attached hydrogens (tertiary/aromatic N) is 3. The summed E-state index contributed by atoms with van der Waals surface area (Å²) in [7, 11) is 0. The van der Waals surface area contributed by atoms with Crippen LogP contribution in [0.4, 0.5) is 11.4 Å². The van der Waals surface area contributed by atoms with Crippen molar-refractivity contribution in [3.63, 3.8) is 0 Å². The maximum Gasteiger partial charge on any atom is 0.315 e. The fraction of sp³-hybridized carbons (Fsp3) is 0.176. The van der Waals surface area contributed by atoms with E-state index in [9.17, 15) is 30.1 Å². The lowest BCUT2D eigenvalue weighted by molar-refractivity contribution is -0.386. The van der Waals surface area contributed by atoms with E-state index in [4.69, 9.17) is 9.47 Å². The number of nitrogens with one attached hydrogen (secondary N) is 1. The average Bonchev–Trinajstić information content (AvgIpc) is 2.68. The molecular weight excluding hydrogens is 388 g/mol. The van der Waals surface area contributed by atoms with E-state index in [1.165, 1.54) is 30.3 Å². The first-order valence-electron chi connectivity index (χ1n) is 8.15. The van der Waals surface area contributed by atoms with Gasteiger partial charge in [0.15, 0.2) is 18.1 Å². The molecule has 2 N–H and O–H groups in total. The van der Waals surface area contributed by atoms with Gasteiger partial charge in [0.1, 0.15) is 0 Å². The van der Waals surface area contributed by atoms with Gasteiger partial charge >= 0.3 is 11.4 Å². The second kappa shape index (κ2) is 9.64. The third-order valence-electron chi connectivity index (χ3n) is 3.40. The largest absolute Gasteiger partial charge is 0.500 e. The maximum absolute atomic E-state index is 11.8. The molecule has 0 saturated heterocycles. The van der Waals surface area contributed by atoms with Crippen molar-refractivity contribution < 1.29 is 29.2 Å². The fourth-order valence-electron chi connectivity index (χ4n) is 2.18. The van der Waals surface area contributed by atoms with Gasteiger partial charge in [-0.05, 0) is 19.1 Å². The number of aromatic hydroxyl groups is 1. The minimum atomic E-state index is -0.783. The van der Waals surface area contributed by atoms with Crippen LogP contribution < -0.4 is 14.9 Å². The third kappa shape index (κ3) is 5.63. The van der Waals surface area contributed by atoms with Crippen LogP contribution in [0.25, 0.3) is 0 Å². The maximum atomic E-state index is 11.8. The summed E-state index contributed by atoms with van der Waals surface area (Å²) < 4.78 is 10.2. The number of hydrogen-bond acceptors (Lipinski definition) is 9. The number of rotatable bonds is 9. The van der Waals surface area contributed by atoms with Crippen molar-refractivity contribution in [3.05, 3.63) is 62.2 Å². The number of phenols is 1. The minimum Gasteiger partial charge on any atom is -0.500 e. The molecule has 2 aromatic rings. The van der Waals surface area contributed by atoms with Gasteiger partial charge in [0.05, 0.1) is 22.7 Å². The van der Waals surface area contributed by atoms with Crippen molar-refractivity contribution >= 4 is 23.5 Å². The van der Waals surface area contributed by atoms with Crippen LogP contribution in [0.5, 0.6) is 17.2 Å². The van der Waals surface area contributed by atoms with Gasteiger partial charge in [-0.15, -0.1) is 0 Å². The Kier molecular flexibility index (Phi) is 7.01. The van der Waals surface area contributed by atoms with E-state index in [0.29, 0.717) is 0 Å². The van der Waals surface area contributed by atoms with Crippen molar-refractivity contribution in [1.29, 1.82) is 0 Å². The average molecular weight is 404 g/mol. The number of benzene rings is 2. The first kappa shape index (κ1) is 21.1. The lowest BCUT2D eigenvalue weighted by Gasteiger charge is -2.07. The highest BCUT2D eigenvalue weighted by Crippen LogP contribution is 2.36. The molecule has 2 aromatic carbocycles. The summed E-state index contributed by atoms with van der Waals surface area (Å²) in [6, 6.07) is 7.93. The molecule has 29 heavy (non-hydrogen) atoms. The van der Waals surface area contributed by atoms with Crippen LogP contribution >= 0.6 is 0 Å². The molecular formula is C17H16N4O8. The Balaban J connectivity index is 2.03. The molecule has 0 bridgehead atoms. The molecule has 1 amide bonds. The first-order valence-corrected chi connectivity index (χ1v) is 8.15. The number of para-hydroxylation sites is 2. The van der Waals surface area contributed by atoms with Crippen molar-refractivity contribution in [2.24, 2.45) is 5.10 Å². The standard InChI is InChI=1S/C17H16N4O8/c1-2-28-15-8-11(7-13(17(15)23)21(26)27)9-18-19-16(22)10-29-14-6-4-3-5-12(14)20(24)25/h3-9,23H,2,10H2,1H3,(H,19,22). The first-order chi connectivity index (χ1) is 13.8. The topological polar surface area (TPSA) is 166 Å². The Bertz CT molecular complexity index is 960. The number of amides is 1. The normalized spacial score (nSPS) is 10.5. The lowest BCUT2D eigenvalue weighted by Crippen LogP contribution is -2.24. The summed E-state index contributed by atoms with van der Waals surface area (Å²) in [6.45, 7) is 1.27. The van der Waals surface area contributed by atoms with E-state index < -0.39 is 33.8 Å². The number of hydrogen-bond donors (Lipinski definition) is 2. The molecule has 12 heteroatoms. The predicted molar refractivity (Wildman–Crippen MR) is 100 cm³/mol. The number of ether oxygens (including phenoxy) is 2. The zero-order valence-electron chi connectivity index (χ0n) is 15.1. The van der Waals surface area contributed by atoms with Gasteiger partial charge in [-0.1, -0.05) is 12.1 Å². The molecule has 0 aromatic heterocycles. The van der Waals surface area contributed by atoms with E-state index in [0.717, 1.165) is 12.3 Å². The molecule has 152 valence electrons. The molecule has 0 atom stereocenters. The van der Waals surface area contributed by atoms with E-state index >= 15 is 0 Å². The molecule has 0 spiro atoms. The zero-order valence-corrected chi connectivity index (χ0v) is 15.1. The van der Waals surface area contributed by atoms with Crippen molar-refractivity contribution in [2.75, 3.05) is 13.2 Å². The second-order valence-electron chi connectivity index (χ2n) is 5.38. The van der Waals surface area contributed by atoms with Crippen LogP contribution in [-0.2, 0) is 4.79 Å². The molecule has 0 saturated carbocycles. The molecule has 0 aliphatic carbocycles. The van der Waals surface area contributed by atoms with Crippen LogP contribution in [0, 0.1) is 20.2 Å². The monoisotopic (exact) mass is 404 g/mol. The van der Waals surface area contributed by atoms with Gasteiger partial charge in [0, 0.05) is 17.7 Å². The van der Waals surface area contributed by atoms with Crippen LogP contribution in [0.2, 0.25) is 0 Å². The third-order valence-corrected chi connectivity index (χ3v) is 3.40.